The molecule has 0 saturated heterocycles. The Hall–Kier alpha value is -3.06. The molecule has 0 bridgehead atoms. The van der Waals surface area contributed by atoms with Crippen LogP contribution in [0.25, 0.3) is 6.08 Å². The van der Waals surface area contributed by atoms with E-state index in [1.165, 1.54) is 6.08 Å². The fourth-order valence-electron chi connectivity index (χ4n) is 3.23. The monoisotopic (exact) mass is 483 g/mol. The van der Waals surface area contributed by atoms with Crippen LogP contribution in [0, 0.1) is 13.8 Å². The predicted octanol–water partition coefficient (Wildman–Crippen LogP) is 5.52. The third-order valence-corrected chi connectivity index (χ3v) is 5.40. The van der Waals surface area contributed by atoms with Crippen molar-refractivity contribution in [3.63, 3.8) is 0 Å². The Balaban J connectivity index is 1.70. The third kappa shape index (κ3) is 5.76. The summed E-state index contributed by atoms with van der Waals surface area (Å²) in [6.45, 7) is 6.97. The topological polar surface area (TPSA) is 65.4 Å². The zero-order valence-corrected chi connectivity index (χ0v) is 19.7. The molecule has 162 valence electrons. The van der Waals surface area contributed by atoms with Crippen molar-refractivity contribution in [2.24, 2.45) is 0 Å². The molecule has 1 aromatic heterocycles. The lowest BCUT2D eigenvalue weighted by Gasteiger charge is -2.11. The van der Waals surface area contributed by atoms with Gasteiger partial charge in [0.25, 0.3) is 0 Å². The molecule has 2 aromatic carbocycles. The lowest BCUT2D eigenvalue weighted by atomic mass is 10.1. The molecule has 0 radical (unpaired) electrons. The van der Waals surface area contributed by atoms with Gasteiger partial charge in [-0.1, -0.05) is 22.0 Å². The molecular weight excluding hydrogens is 458 g/mol. The average molecular weight is 484 g/mol. The van der Waals surface area contributed by atoms with Gasteiger partial charge in [-0.25, -0.2) is 0 Å². The number of ether oxygens (including phenoxy) is 2. The van der Waals surface area contributed by atoms with Crippen LogP contribution in [0.1, 0.15) is 29.4 Å². The van der Waals surface area contributed by atoms with Crippen molar-refractivity contribution in [1.29, 1.82) is 0 Å². The van der Waals surface area contributed by atoms with Gasteiger partial charge in [-0.2, -0.15) is 5.10 Å². The summed E-state index contributed by atoms with van der Waals surface area (Å²) in [5.74, 6) is 1.30. The number of methoxy groups -OCH3 is 1. The lowest BCUT2D eigenvalue weighted by Crippen LogP contribution is -2.09. The van der Waals surface area contributed by atoms with Crippen molar-refractivity contribution >= 4 is 33.6 Å². The Morgan fingerprint density at radius 2 is 1.94 bits per heavy atom. The Kier molecular flexibility index (Phi) is 7.52. The lowest BCUT2D eigenvalue weighted by molar-refractivity contribution is -0.111. The maximum absolute atomic E-state index is 12.4. The number of benzene rings is 2. The van der Waals surface area contributed by atoms with Gasteiger partial charge in [-0.15, -0.1) is 0 Å². The van der Waals surface area contributed by atoms with Crippen LogP contribution in [0.3, 0.4) is 0 Å². The second-order valence-corrected chi connectivity index (χ2v) is 7.91. The number of nitrogens with one attached hydrogen (secondary N) is 1. The van der Waals surface area contributed by atoms with Crippen LogP contribution in [-0.2, 0) is 17.9 Å². The number of aryl methyl sites for hydroxylation is 2. The van der Waals surface area contributed by atoms with E-state index in [1.54, 1.807) is 13.2 Å². The molecule has 0 aliphatic carbocycles. The summed E-state index contributed by atoms with van der Waals surface area (Å²) >= 11 is 3.42. The number of amides is 1. The summed E-state index contributed by atoms with van der Waals surface area (Å²) in [6.07, 6.45) is 3.29. The normalized spacial score (nSPS) is 11.0. The van der Waals surface area contributed by atoms with Crippen molar-refractivity contribution in [3.8, 4) is 11.5 Å². The molecule has 3 rings (SSSR count). The Morgan fingerprint density at radius 1 is 1.19 bits per heavy atom. The molecule has 1 N–H and O–H groups in total. The Labute approximate surface area is 191 Å². The number of hydrogen-bond acceptors (Lipinski definition) is 4. The first-order chi connectivity index (χ1) is 14.9. The molecule has 0 aliphatic rings. The minimum absolute atomic E-state index is 0.203. The fraction of sp³-hybridized carbons (Fsp3) is 0.250. The van der Waals surface area contributed by atoms with Crippen molar-refractivity contribution in [2.45, 2.75) is 33.9 Å². The Bertz CT molecular complexity index is 1090. The molecule has 1 heterocycles. The van der Waals surface area contributed by atoms with Crippen LogP contribution in [0.15, 0.2) is 53.0 Å². The second kappa shape index (κ2) is 10.3. The van der Waals surface area contributed by atoms with E-state index in [4.69, 9.17) is 9.47 Å². The minimum Gasteiger partial charge on any atom is -0.496 e. The van der Waals surface area contributed by atoms with Gasteiger partial charge in [0.15, 0.2) is 0 Å². The van der Waals surface area contributed by atoms with Gasteiger partial charge in [0.1, 0.15) is 18.1 Å². The quantitative estimate of drug-likeness (QED) is 0.428. The molecule has 6 nitrogen and oxygen atoms in total. The van der Waals surface area contributed by atoms with Gasteiger partial charge in [0, 0.05) is 22.7 Å². The van der Waals surface area contributed by atoms with Gasteiger partial charge in [0.2, 0.25) is 5.91 Å². The number of aromatic nitrogens is 2. The number of hydrogen-bond donors (Lipinski definition) is 1. The van der Waals surface area contributed by atoms with Crippen LogP contribution in [0.4, 0.5) is 5.69 Å². The first kappa shape index (κ1) is 22.6. The van der Waals surface area contributed by atoms with E-state index in [0.717, 1.165) is 50.7 Å². The molecule has 3 aromatic rings. The van der Waals surface area contributed by atoms with E-state index in [9.17, 15) is 4.79 Å². The molecule has 0 fully saturated rings. The van der Waals surface area contributed by atoms with E-state index in [2.05, 4.69) is 26.3 Å². The van der Waals surface area contributed by atoms with E-state index < -0.39 is 0 Å². The highest BCUT2D eigenvalue weighted by molar-refractivity contribution is 9.10. The molecule has 0 saturated carbocycles. The van der Waals surface area contributed by atoms with Crippen LogP contribution in [-0.4, -0.2) is 22.8 Å². The molecule has 0 aliphatic heterocycles. The largest absolute Gasteiger partial charge is 0.496 e. The predicted molar refractivity (Wildman–Crippen MR) is 127 cm³/mol. The summed E-state index contributed by atoms with van der Waals surface area (Å²) in [5, 5.41) is 7.36. The smallest absolute Gasteiger partial charge is 0.248 e. The number of anilines is 1. The average Bonchev–Trinajstić information content (AvgIpc) is 3.05. The van der Waals surface area contributed by atoms with E-state index in [0.29, 0.717) is 6.61 Å². The van der Waals surface area contributed by atoms with Gasteiger partial charge in [-0.3, -0.25) is 9.48 Å². The standard InChI is InChI=1S/C24H26BrN3O3/c1-5-28-17(3)24(16(2)27-28)26-23(29)13-7-18-6-12-22(30-4)19(14-18)15-31-21-10-8-20(25)9-11-21/h6-14H,5,15H2,1-4H3,(H,26,29)/b13-7-. The summed E-state index contributed by atoms with van der Waals surface area (Å²) in [5.41, 5.74) is 4.28. The molecule has 7 heteroatoms. The number of halogens is 1. The maximum atomic E-state index is 12.4. The molecule has 0 atom stereocenters. The fourth-order valence-corrected chi connectivity index (χ4v) is 3.49. The van der Waals surface area contributed by atoms with E-state index >= 15 is 0 Å². The highest BCUT2D eigenvalue weighted by Gasteiger charge is 2.12. The number of rotatable bonds is 8. The maximum Gasteiger partial charge on any atom is 0.248 e. The molecule has 0 spiro atoms. The highest BCUT2D eigenvalue weighted by atomic mass is 79.9. The van der Waals surface area contributed by atoms with Crippen LogP contribution in [0.2, 0.25) is 0 Å². The van der Waals surface area contributed by atoms with Crippen LogP contribution >= 0.6 is 15.9 Å². The van der Waals surface area contributed by atoms with Crippen molar-refractivity contribution in [1.82, 2.24) is 9.78 Å². The van der Waals surface area contributed by atoms with E-state index in [1.807, 2.05) is 67.9 Å². The summed E-state index contributed by atoms with van der Waals surface area (Å²) in [6, 6.07) is 13.4. The first-order valence-electron chi connectivity index (χ1n) is 9.99. The first-order valence-corrected chi connectivity index (χ1v) is 10.8. The minimum atomic E-state index is -0.203. The zero-order chi connectivity index (χ0) is 22.4. The van der Waals surface area contributed by atoms with Gasteiger partial charge < -0.3 is 14.8 Å². The second-order valence-electron chi connectivity index (χ2n) is 7.00. The van der Waals surface area contributed by atoms with Crippen LogP contribution < -0.4 is 14.8 Å². The number of carbonyl (C=O) groups is 1. The van der Waals surface area contributed by atoms with Gasteiger partial charge in [-0.05, 0) is 68.8 Å². The zero-order valence-electron chi connectivity index (χ0n) is 18.1. The molecule has 1 amide bonds. The molecular formula is C24H26BrN3O3. The summed E-state index contributed by atoms with van der Waals surface area (Å²) < 4.78 is 14.2. The van der Waals surface area contributed by atoms with Crippen molar-refractivity contribution in [3.05, 3.63) is 75.5 Å². The van der Waals surface area contributed by atoms with Gasteiger partial charge in [0.05, 0.1) is 24.2 Å². The van der Waals surface area contributed by atoms with Crippen molar-refractivity contribution < 1.29 is 14.3 Å². The number of carbonyl (C=O) groups excluding carboxylic acids is 1. The SMILES string of the molecule is CCn1nc(C)c(NC(=O)/C=C\c2ccc(OC)c(COc3ccc(Br)cc3)c2)c1C. The summed E-state index contributed by atoms with van der Waals surface area (Å²) in [4.78, 5) is 12.4. The van der Waals surface area contributed by atoms with Crippen LogP contribution in [0.5, 0.6) is 11.5 Å². The molecule has 31 heavy (non-hydrogen) atoms. The van der Waals surface area contributed by atoms with Crippen molar-refractivity contribution in [2.75, 3.05) is 12.4 Å². The third-order valence-electron chi connectivity index (χ3n) is 4.87. The van der Waals surface area contributed by atoms with E-state index in [-0.39, 0.29) is 5.91 Å². The molecule has 0 unspecified atom stereocenters. The highest BCUT2D eigenvalue weighted by Crippen LogP contribution is 2.24. The van der Waals surface area contributed by atoms with Gasteiger partial charge >= 0.3 is 0 Å². The summed E-state index contributed by atoms with van der Waals surface area (Å²) in [7, 11) is 1.63. The number of nitrogens with zero attached hydrogens (tertiary/aromatic N) is 2. The Morgan fingerprint density at radius 3 is 2.58 bits per heavy atom.